The van der Waals surface area contributed by atoms with Gasteiger partial charge in [-0.05, 0) is 30.7 Å². The van der Waals surface area contributed by atoms with Crippen LogP contribution in [0.2, 0.25) is 0 Å². The fourth-order valence-corrected chi connectivity index (χ4v) is 2.64. The number of sulfonamides is 1. The van der Waals surface area contributed by atoms with Crippen LogP contribution in [0.5, 0.6) is 0 Å². The van der Waals surface area contributed by atoms with Crippen LogP contribution in [0.1, 0.15) is 11.1 Å². The number of rotatable bonds is 2. The highest BCUT2D eigenvalue weighted by Crippen LogP contribution is 2.25. The lowest BCUT2D eigenvalue weighted by Gasteiger charge is -2.26. The van der Waals surface area contributed by atoms with Crippen LogP contribution in [0, 0.1) is 0 Å². The fourth-order valence-electron chi connectivity index (χ4n) is 2.05. The van der Waals surface area contributed by atoms with Crippen molar-refractivity contribution in [2.75, 3.05) is 24.6 Å². The number of fused-ring (bicyclic) bond motifs is 1. The van der Waals surface area contributed by atoms with Gasteiger partial charge in [0.1, 0.15) is 0 Å². The second-order valence-corrected chi connectivity index (χ2v) is 6.05. The summed E-state index contributed by atoms with van der Waals surface area (Å²) in [5.74, 6) is 0. The smallest absolute Gasteiger partial charge is 0.229 e. The fraction of sp³-hybridized carbons (Fsp3) is 0.455. The molecule has 0 radical (unpaired) electrons. The standard InChI is InChI=1S/C11H16N2O2S/c1-13-7-6-10-9(8-13)4-3-5-11(10)12-16(2,14)15/h3-5,12H,6-8H2,1-2H3. The largest absolute Gasteiger partial charge is 0.302 e. The van der Waals surface area contributed by atoms with Crippen LogP contribution in [0.25, 0.3) is 0 Å². The van der Waals surface area contributed by atoms with E-state index in [2.05, 4.69) is 22.7 Å². The van der Waals surface area contributed by atoms with E-state index >= 15 is 0 Å². The first-order valence-electron chi connectivity index (χ1n) is 5.23. The first kappa shape index (κ1) is 11.4. The van der Waals surface area contributed by atoms with Gasteiger partial charge in [0.2, 0.25) is 10.0 Å². The van der Waals surface area contributed by atoms with E-state index in [9.17, 15) is 8.42 Å². The van der Waals surface area contributed by atoms with Crippen molar-refractivity contribution in [1.82, 2.24) is 4.90 Å². The summed E-state index contributed by atoms with van der Waals surface area (Å²) in [5, 5.41) is 0. The average molecular weight is 240 g/mol. The second kappa shape index (κ2) is 4.07. The molecule has 1 aliphatic rings. The number of benzene rings is 1. The van der Waals surface area contributed by atoms with E-state index in [-0.39, 0.29) is 0 Å². The summed E-state index contributed by atoms with van der Waals surface area (Å²) in [6, 6.07) is 5.77. The summed E-state index contributed by atoms with van der Waals surface area (Å²) in [6.07, 6.45) is 2.08. The molecule has 1 N–H and O–H groups in total. The molecule has 0 aromatic heterocycles. The summed E-state index contributed by atoms with van der Waals surface area (Å²) >= 11 is 0. The lowest BCUT2D eigenvalue weighted by Crippen LogP contribution is -2.27. The molecule has 1 aliphatic heterocycles. The molecule has 1 heterocycles. The number of hydrogen-bond acceptors (Lipinski definition) is 3. The summed E-state index contributed by atoms with van der Waals surface area (Å²) in [4.78, 5) is 2.23. The van der Waals surface area contributed by atoms with Crippen LogP contribution in [-0.4, -0.2) is 33.2 Å². The third-order valence-electron chi connectivity index (χ3n) is 2.75. The van der Waals surface area contributed by atoms with Crippen molar-refractivity contribution in [2.45, 2.75) is 13.0 Å². The van der Waals surface area contributed by atoms with Crippen molar-refractivity contribution < 1.29 is 8.42 Å². The topological polar surface area (TPSA) is 49.4 Å². The predicted octanol–water partition coefficient (Wildman–Crippen LogP) is 1.05. The van der Waals surface area contributed by atoms with Crippen molar-refractivity contribution in [2.24, 2.45) is 0 Å². The molecule has 0 saturated heterocycles. The van der Waals surface area contributed by atoms with Gasteiger partial charge in [-0.15, -0.1) is 0 Å². The molecule has 0 saturated carbocycles. The first-order chi connectivity index (χ1) is 7.46. The molecule has 1 aromatic carbocycles. The van der Waals surface area contributed by atoms with E-state index in [1.54, 1.807) is 0 Å². The van der Waals surface area contributed by atoms with Gasteiger partial charge in [-0.3, -0.25) is 4.72 Å². The van der Waals surface area contributed by atoms with Crippen LogP contribution in [0.4, 0.5) is 5.69 Å². The lowest BCUT2D eigenvalue weighted by atomic mass is 9.98. The maximum Gasteiger partial charge on any atom is 0.229 e. The number of hydrogen-bond donors (Lipinski definition) is 1. The highest BCUT2D eigenvalue weighted by atomic mass is 32.2. The molecule has 88 valence electrons. The van der Waals surface area contributed by atoms with Gasteiger partial charge in [0.25, 0.3) is 0 Å². The molecule has 0 aliphatic carbocycles. The summed E-state index contributed by atoms with van der Waals surface area (Å²) in [7, 11) is -1.12. The van der Waals surface area contributed by atoms with E-state index in [0.717, 1.165) is 30.8 Å². The Morgan fingerprint density at radius 2 is 2.12 bits per heavy atom. The SMILES string of the molecule is CN1CCc2c(cccc2NS(C)(=O)=O)C1. The van der Waals surface area contributed by atoms with E-state index < -0.39 is 10.0 Å². The van der Waals surface area contributed by atoms with Crippen LogP contribution >= 0.6 is 0 Å². The first-order valence-corrected chi connectivity index (χ1v) is 7.12. The highest BCUT2D eigenvalue weighted by Gasteiger charge is 2.17. The molecule has 5 heteroatoms. The Labute approximate surface area is 96.3 Å². The normalized spacial score (nSPS) is 16.9. The van der Waals surface area contributed by atoms with Crippen LogP contribution in [-0.2, 0) is 23.0 Å². The maximum atomic E-state index is 11.2. The van der Waals surface area contributed by atoms with E-state index in [4.69, 9.17) is 0 Å². The minimum Gasteiger partial charge on any atom is -0.302 e. The Hall–Kier alpha value is -1.07. The van der Waals surface area contributed by atoms with Gasteiger partial charge < -0.3 is 4.90 Å². The number of likely N-dealkylation sites (N-methyl/N-ethyl adjacent to an activating group) is 1. The van der Waals surface area contributed by atoms with Gasteiger partial charge >= 0.3 is 0 Å². The molecular weight excluding hydrogens is 224 g/mol. The second-order valence-electron chi connectivity index (χ2n) is 4.31. The Balaban J connectivity index is 2.37. The highest BCUT2D eigenvalue weighted by molar-refractivity contribution is 7.92. The van der Waals surface area contributed by atoms with Crippen LogP contribution in [0.3, 0.4) is 0 Å². The minimum atomic E-state index is -3.19. The van der Waals surface area contributed by atoms with E-state index in [0.29, 0.717) is 0 Å². The number of anilines is 1. The quantitative estimate of drug-likeness (QED) is 0.840. The Morgan fingerprint density at radius 1 is 1.38 bits per heavy atom. The molecule has 0 amide bonds. The van der Waals surface area contributed by atoms with Crippen molar-refractivity contribution in [3.63, 3.8) is 0 Å². The molecule has 0 atom stereocenters. The molecule has 1 aromatic rings. The van der Waals surface area contributed by atoms with Gasteiger partial charge in [-0.1, -0.05) is 12.1 Å². The van der Waals surface area contributed by atoms with Crippen molar-refractivity contribution in [1.29, 1.82) is 0 Å². The number of nitrogens with zero attached hydrogens (tertiary/aromatic N) is 1. The van der Waals surface area contributed by atoms with Crippen LogP contribution in [0.15, 0.2) is 18.2 Å². The lowest BCUT2D eigenvalue weighted by molar-refractivity contribution is 0.313. The third-order valence-corrected chi connectivity index (χ3v) is 3.34. The van der Waals surface area contributed by atoms with Gasteiger partial charge in [0, 0.05) is 13.1 Å². The number of nitrogens with one attached hydrogen (secondary N) is 1. The van der Waals surface area contributed by atoms with Crippen molar-refractivity contribution in [3.8, 4) is 0 Å². The van der Waals surface area contributed by atoms with Gasteiger partial charge in [-0.2, -0.15) is 0 Å². The molecular formula is C11H16N2O2S. The summed E-state index contributed by atoms with van der Waals surface area (Å²) in [5.41, 5.74) is 3.07. The zero-order valence-corrected chi connectivity index (χ0v) is 10.3. The Morgan fingerprint density at radius 3 is 2.81 bits per heavy atom. The molecule has 0 fully saturated rings. The third kappa shape index (κ3) is 2.54. The zero-order valence-electron chi connectivity index (χ0n) is 9.53. The molecule has 0 unspecified atom stereocenters. The average Bonchev–Trinajstić information content (AvgIpc) is 2.15. The van der Waals surface area contributed by atoms with Crippen LogP contribution < -0.4 is 4.72 Å². The van der Waals surface area contributed by atoms with Crippen molar-refractivity contribution in [3.05, 3.63) is 29.3 Å². The Bertz CT molecular complexity index is 497. The predicted molar refractivity (Wildman–Crippen MR) is 64.9 cm³/mol. The van der Waals surface area contributed by atoms with Gasteiger partial charge in [-0.25, -0.2) is 8.42 Å². The zero-order chi connectivity index (χ0) is 11.8. The monoisotopic (exact) mass is 240 g/mol. The molecule has 0 bridgehead atoms. The van der Waals surface area contributed by atoms with Gasteiger partial charge in [0.15, 0.2) is 0 Å². The molecule has 0 spiro atoms. The van der Waals surface area contributed by atoms with E-state index in [1.807, 2.05) is 12.1 Å². The van der Waals surface area contributed by atoms with Crippen molar-refractivity contribution >= 4 is 15.7 Å². The maximum absolute atomic E-state index is 11.2. The molecule has 4 nitrogen and oxygen atoms in total. The Kier molecular flexibility index (Phi) is 2.90. The molecule has 16 heavy (non-hydrogen) atoms. The summed E-state index contributed by atoms with van der Waals surface area (Å²) < 4.78 is 25.0. The summed E-state index contributed by atoms with van der Waals surface area (Å²) in [6.45, 7) is 1.85. The van der Waals surface area contributed by atoms with E-state index in [1.165, 1.54) is 11.8 Å². The molecule has 2 rings (SSSR count). The van der Waals surface area contributed by atoms with Gasteiger partial charge in [0.05, 0.1) is 11.9 Å². The minimum absolute atomic E-state index is 0.730.